The van der Waals surface area contributed by atoms with Crippen LogP contribution in [0.25, 0.3) is 0 Å². The van der Waals surface area contributed by atoms with E-state index in [4.69, 9.17) is 10.9 Å². The molecule has 1 aromatic carbocycles. The first-order chi connectivity index (χ1) is 10.1. The number of nitrogens with zero attached hydrogens (tertiary/aromatic N) is 2. The van der Waals surface area contributed by atoms with Gasteiger partial charge in [-0.25, -0.2) is 9.18 Å². The summed E-state index contributed by atoms with van der Waals surface area (Å²) in [6, 6.07) is 5.27. The van der Waals surface area contributed by atoms with E-state index < -0.39 is 0 Å². The number of nitrogens with one attached hydrogen (secondary N) is 1. The average molecular weight is 294 g/mol. The van der Waals surface area contributed by atoms with Crippen LogP contribution in [-0.2, 0) is 0 Å². The summed E-state index contributed by atoms with van der Waals surface area (Å²) in [5, 5.41) is 14.3. The molecule has 0 aromatic heterocycles. The molecule has 1 aliphatic carbocycles. The lowest BCUT2D eigenvalue weighted by Crippen LogP contribution is -2.46. The summed E-state index contributed by atoms with van der Waals surface area (Å²) in [4.78, 5) is 13.9. The lowest BCUT2D eigenvalue weighted by atomic mass is 10.2. The number of nitrogens with two attached hydrogens (primary N) is 1. The van der Waals surface area contributed by atoms with Crippen molar-refractivity contribution in [2.45, 2.75) is 31.7 Å². The third-order valence-electron chi connectivity index (χ3n) is 3.58. The highest BCUT2D eigenvalue weighted by Crippen LogP contribution is 2.24. The van der Waals surface area contributed by atoms with Crippen molar-refractivity contribution in [3.63, 3.8) is 0 Å². The number of anilines is 1. The van der Waals surface area contributed by atoms with Gasteiger partial charge in [0.25, 0.3) is 0 Å². The van der Waals surface area contributed by atoms with E-state index in [9.17, 15) is 9.18 Å². The van der Waals surface area contributed by atoms with Crippen LogP contribution in [0.5, 0.6) is 0 Å². The number of carbonyl (C=O) groups excluding carboxylic acids is 1. The Morgan fingerprint density at radius 3 is 2.57 bits per heavy atom. The predicted octanol–water partition coefficient (Wildman–Crippen LogP) is 2.35. The number of amidine groups is 1. The number of oxime groups is 1. The molecule has 1 saturated carbocycles. The SMILES string of the molecule is NC(CN(C(=O)Nc1ccc(F)cc1)C1CCCC1)=NO. The van der Waals surface area contributed by atoms with Gasteiger partial charge in [0.1, 0.15) is 5.82 Å². The number of hydrogen-bond acceptors (Lipinski definition) is 3. The van der Waals surface area contributed by atoms with Crippen molar-refractivity contribution < 1.29 is 14.4 Å². The van der Waals surface area contributed by atoms with E-state index in [1.54, 1.807) is 4.90 Å². The summed E-state index contributed by atoms with van der Waals surface area (Å²) in [6.07, 6.45) is 3.91. The summed E-state index contributed by atoms with van der Waals surface area (Å²) in [6.45, 7) is 0.0637. The van der Waals surface area contributed by atoms with Gasteiger partial charge < -0.3 is 21.2 Å². The Morgan fingerprint density at radius 1 is 1.38 bits per heavy atom. The summed E-state index contributed by atoms with van der Waals surface area (Å²) in [5.74, 6) is -0.381. The Kier molecular flexibility index (Phi) is 4.97. The quantitative estimate of drug-likeness (QED) is 0.344. The van der Waals surface area contributed by atoms with E-state index in [2.05, 4.69) is 10.5 Å². The van der Waals surface area contributed by atoms with E-state index in [0.717, 1.165) is 25.7 Å². The summed E-state index contributed by atoms with van der Waals surface area (Å²) >= 11 is 0. The number of carbonyl (C=O) groups is 1. The zero-order valence-electron chi connectivity index (χ0n) is 11.6. The third kappa shape index (κ3) is 4.08. The minimum absolute atomic E-state index is 0.0174. The molecule has 0 atom stereocenters. The minimum Gasteiger partial charge on any atom is -0.409 e. The zero-order chi connectivity index (χ0) is 15.2. The number of amides is 2. The minimum atomic E-state index is -0.364. The molecule has 0 heterocycles. The first-order valence-electron chi connectivity index (χ1n) is 6.89. The Hall–Kier alpha value is -2.31. The van der Waals surface area contributed by atoms with Crippen molar-refractivity contribution in [1.82, 2.24) is 4.90 Å². The van der Waals surface area contributed by atoms with Crippen LogP contribution in [-0.4, -0.2) is 34.6 Å². The van der Waals surface area contributed by atoms with Gasteiger partial charge in [0.15, 0.2) is 5.84 Å². The fourth-order valence-corrected chi connectivity index (χ4v) is 2.52. The lowest BCUT2D eigenvalue weighted by Gasteiger charge is -2.28. The number of rotatable bonds is 4. The standard InChI is InChI=1S/C14H19FN4O2/c15-10-5-7-11(8-6-10)17-14(20)19(9-13(16)18-21)12-3-1-2-4-12/h5-8,12,21H,1-4,9H2,(H2,16,18)(H,17,20). The number of benzene rings is 1. The van der Waals surface area contributed by atoms with Crippen molar-refractivity contribution in [1.29, 1.82) is 0 Å². The maximum absolute atomic E-state index is 12.9. The second-order valence-corrected chi connectivity index (χ2v) is 5.09. The molecule has 0 radical (unpaired) electrons. The maximum atomic E-state index is 12.9. The van der Waals surface area contributed by atoms with Gasteiger partial charge >= 0.3 is 6.03 Å². The van der Waals surface area contributed by atoms with Crippen LogP contribution in [0.2, 0.25) is 0 Å². The van der Waals surface area contributed by atoms with E-state index in [1.807, 2.05) is 0 Å². The van der Waals surface area contributed by atoms with Crippen LogP contribution in [0.3, 0.4) is 0 Å². The Balaban J connectivity index is 2.07. The molecule has 0 bridgehead atoms. The molecule has 0 spiro atoms. The Labute approximate surface area is 122 Å². The molecule has 4 N–H and O–H groups in total. The van der Waals surface area contributed by atoms with Crippen molar-refractivity contribution >= 4 is 17.6 Å². The van der Waals surface area contributed by atoms with E-state index in [1.165, 1.54) is 24.3 Å². The molecule has 1 aliphatic rings. The van der Waals surface area contributed by atoms with Crippen molar-refractivity contribution in [3.05, 3.63) is 30.1 Å². The van der Waals surface area contributed by atoms with E-state index in [0.29, 0.717) is 5.69 Å². The van der Waals surface area contributed by atoms with Gasteiger partial charge in [-0.3, -0.25) is 0 Å². The van der Waals surface area contributed by atoms with Gasteiger partial charge in [-0.15, -0.1) is 0 Å². The fraction of sp³-hybridized carbons (Fsp3) is 0.429. The van der Waals surface area contributed by atoms with Gasteiger partial charge in [0.2, 0.25) is 0 Å². The predicted molar refractivity (Wildman–Crippen MR) is 77.8 cm³/mol. The highest BCUT2D eigenvalue weighted by molar-refractivity contribution is 5.93. The van der Waals surface area contributed by atoms with Crippen LogP contribution in [0.4, 0.5) is 14.9 Å². The van der Waals surface area contributed by atoms with Crippen LogP contribution in [0.15, 0.2) is 29.4 Å². The van der Waals surface area contributed by atoms with Crippen molar-refractivity contribution in [3.8, 4) is 0 Å². The van der Waals surface area contributed by atoms with Gasteiger partial charge in [0, 0.05) is 11.7 Å². The monoisotopic (exact) mass is 294 g/mol. The second-order valence-electron chi connectivity index (χ2n) is 5.09. The highest BCUT2D eigenvalue weighted by atomic mass is 19.1. The molecule has 1 aromatic rings. The molecule has 6 nitrogen and oxygen atoms in total. The number of hydrogen-bond donors (Lipinski definition) is 3. The molecular formula is C14H19FN4O2. The molecule has 2 amide bonds. The molecule has 2 rings (SSSR count). The fourth-order valence-electron chi connectivity index (χ4n) is 2.52. The van der Waals surface area contributed by atoms with E-state index >= 15 is 0 Å². The Bertz CT molecular complexity index is 512. The summed E-state index contributed by atoms with van der Waals surface area (Å²) in [5.41, 5.74) is 6.02. The molecule has 7 heteroatoms. The second kappa shape index (κ2) is 6.92. The van der Waals surface area contributed by atoms with Crippen molar-refractivity contribution in [2.75, 3.05) is 11.9 Å². The van der Waals surface area contributed by atoms with Crippen LogP contribution >= 0.6 is 0 Å². The average Bonchev–Trinajstić information content (AvgIpc) is 3.00. The molecule has 1 fully saturated rings. The molecule has 21 heavy (non-hydrogen) atoms. The maximum Gasteiger partial charge on any atom is 0.322 e. The lowest BCUT2D eigenvalue weighted by molar-refractivity contribution is 0.197. The van der Waals surface area contributed by atoms with Gasteiger partial charge in [-0.2, -0.15) is 0 Å². The molecule has 0 unspecified atom stereocenters. The molecule has 0 aliphatic heterocycles. The smallest absolute Gasteiger partial charge is 0.322 e. The van der Waals surface area contributed by atoms with Gasteiger partial charge in [-0.1, -0.05) is 18.0 Å². The first kappa shape index (κ1) is 15.1. The van der Waals surface area contributed by atoms with Crippen LogP contribution in [0, 0.1) is 5.82 Å². The normalized spacial score (nSPS) is 16.0. The number of halogens is 1. The summed E-state index contributed by atoms with van der Waals surface area (Å²) < 4.78 is 12.9. The first-order valence-corrected chi connectivity index (χ1v) is 6.89. The molecule has 0 saturated heterocycles. The molecular weight excluding hydrogens is 275 g/mol. The Morgan fingerprint density at radius 2 is 2.00 bits per heavy atom. The largest absolute Gasteiger partial charge is 0.409 e. The van der Waals surface area contributed by atoms with Crippen molar-refractivity contribution in [2.24, 2.45) is 10.9 Å². The zero-order valence-corrected chi connectivity index (χ0v) is 11.6. The molecule has 114 valence electrons. The van der Waals surface area contributed by atoms with Gasteiger partial charge in [0.05, 0.1) is 6.54 Å². The highest BCUT2D eigenvalue weighted by Gasteiger charge is 2.27. The topological polar surface area (TPSA) is 91.0 Å². The summed E-state index contributed by atoms with van der Waals surface area (Å²) in [7, 11) is 0. The van der Waals surface area contributed by atoms with E-state index in [-0.39, 0.29) is 30.3 Å². The van der Waals surface area contributed by atoms with Crippen LogP contribution in [0.1, 0.15) is 25.7 Å². The van der Waals surface area contributed by atoms with Crippen LogP contribution < -0.4 is 11.1 Å². The number of urea groups is 1. The third-order valence-corrected chi connectivity index (χ3v) is 3.58. The van der Waals surface area contributed by atoms with Gasteiger partial charge in [-0.05, 0) is 37.1 Å².